The molecular formula is C28H35N5O6. The molecule has 3 fully saturated rings. The summed E-state index contributed by atoms with van der Waals surface area (Å²) in [5.74, 6) is -3.14. The molecule has 3 aliphatic rings. The largest absolute Gasteiger partial charge is 0.465 e. The number of fused-ring (bicyclic) bond motifs is 2. The van der Waals surface area contributed by atoms with Crippen molar-refractivity contribution in [3.8, 4) is 0 Å². The quantitative estimate of drug-likeness (QED) is 0.260. The number of nitrogens with zero attached hydrogens (tertiary/aromatic N) is 5. The average molecular weight is 538 g/mol. The number of rotatable bonds is 11. The maximum absolute atomic E-state index is 14.4. The first-order chi connectivity index (χ1) is 18.7. The summed E-state index contributed by atoms with van der Waals surface area (Å²) in [6.45, 7) is 11.3. The van der Waals surface area contributed by atoms with Crippen LogP contribution in [-0.2, 0) is 30.5 Å². The van der Waals surface area contributed by atoms with Crippen LogP contribution in [0.2, 0.25) is 0 Å². The number of hydrogen-bond acceptors (Lipinski definition) is 8. The van der Waals surface area contributed by atoms with Crippen molar-refractivity contribution in [3.63, 3.8) is 0 Å². The minimum atomic E-state index is -1.23. The van der Waals surface area contributed by atoms with E-state index in [0.717, 1.165) is 5.52 Å². The standard InChI is InChI=1S/C28H35N5O6/c1-5-7-15-38-26(37)22-21-24(35)32(13-14-34)23(28(21)16-18(3)27(22,4)39-28)25(36)31(12-6-2)17-33-20-11-9-8-10-19(20)29-30-33/h5-6,8-11,18,21-23,34H,1-2,7,12-17H2,3-4H3/t18?,21-,22+,23?,27-,28?/m0/s1. The number of aliphatic hydroxyl groups is 1. The fourth-order valence-electron chi connectivity index (χ4n) is 6.79. The molecule has 2 aromatic rings. The van der Waals surface area contributed by atoms with E-state index in [4.69, 9.17) is 9.47 Å². The maximum atomic E-state index is 14.4. The van der Waals surface area contributed by atoms with Crippen molar-refractivity contribution in [2.24, 2.45) is 17.8 Å². The molecule has 1 N–H and O–H groups in total. The van der Waals surface area contributed by atoms with Crippen LogP contribution in [0.5, 0.6) is 0 Å². The molecule has 208 valence electrons. The second kappa shape index (κ2) is 10.2. The van der Waals surface area contributed by atoms with Gasteiger partial charge in [0, 0.05) is 13.1 Å². The highest BCUT2D eigenvalue weighted by molar-refractivity contribution is 5.98. The summed E-state index contributed by atoms with van der Waals surface area (Å²) in [4.78, 5) is 44.6. The highest BCUT2D eigenvalue weighted by atomic mass is 16.6. The summed E-state index contributed by atoms with van der Waals surface area (Å²) < 4.78 is 13.8. The molecule has 1 aromatic carbocycles. The van der Waals surface area contributed by atoms with Crippen LogP contribution in [0.25, 0.3) is 11.0 Å². The molecule has 2 amide bonds. The number of benzene rings is 1. The van der Waals surface area contributed by atoms with Crippen LogP contribution in [0.4, 0.5) is 0 Å². The zero-order valence-electron chi connectivity index (χ0n) is 22.4. The summed E-state index contributed by atoms with van der Waals surface area (Å²) in [6, 6.07) is 6.39. The lowest BCUT2D eigenvalue weighted by Crippen LogP contribution is -2.57. The Labute approximate surface area is 227 Å². The highest BCUT2D eigenvalue weighted by Crippen LogP contribution is 2.65. The number of ether oxygens (including phenoxy) is 2. The van der Waals surface area contributed by atoms with E-state index in [2.05, 4.69) is 23.5 Å². The van der Waals surface area contributed by atoms with Crippen LogP contribution in [0.15, 0.2) is 49.6 Å². The minimum absolute atomic E-state index is 0.0611. The van der Waals surface area contributed by atoms with Crippen molar-refractivity contribution in [3.05, 3.63) is 49.6 Å². The van der Waals surface area contributed by atoms with Gasteiger partial charge in [0.2, 0.25) is 11.8 Å². The normalized spacial score (nSPS) is 30.9. The smallest absolute Gasteiger partial charge is 0.312 e. The van der Waals surface area contributed by atoms with E-state index in [-0.39, 0.29) is 50.7 Å². The topological polar surface area (TPSA) is 127 Å². The summed E-state index contributed by atoms with van der Waals surface area (Å²) in [7, 11) is 0. The van der Waals surface area contributed by atoms with Gasteiger partial charge in [-0.2, -0.15) is 0 Å². The molecular weight excluding hydrogens is 502 g/mol. The van der Waals surface area contributed by atoms with Gasteiger partial charge in [-0.25, -0.2) is 4.68 Å². The number of aromatic nitrogens is 3. The van der Waals surface area contributed by atoms with E-state index < -0.39 is 35.0 Å². The van der Waals surface area contributed by atoms with Crippen molar-refractivity contribution < 1.29 is 29.0 Å². The number of para-hydroxylation sites is 1. The number of likely N-dealkylation sites (tertiary alicyclic amines) is 1. The molecule has 4 heterocycles. The Balaban J connectivity index is 1.52. The second-order valence-electron chi connectivity index (χ2n) is 10.8. The van der Waals surface area contributed by atoms with E-state index in [0.29, 0.717) is 18.4 Å². The lowest BCUT2D eigenvalue weighted by molar-refractivity contribution is -0.162. The van der Waals surface area contributed by atoms with Gasteiger partial charge in [0.15, 0.2) is 0 Å². The van der Waals surface area contributed by atoms with Gasteiger partial charge in [0.1, 0.15) is 29.7 Å². The Bertz CT molecular complexity index is 1310. The Morgan fingerprint density at radius 2 is 2.08 bits per heavy atom. The number of β-amino-alcohol motifs (C(OH)–C–C–N with tert-alkyl or cyclic N) is 1. The second-order valence-corrected chi connectivity index (χ2v) is 10.8. The van der Waals surface area contributed by atoms with Crippen LogP contribution in [0.3, 0.4) is 0 Å². The van der Waals surface area contributed by atoms with Gasteiger partial charge in [-0.15, -0.1) is 18.3 Å². The first-order valence-electron chi connectivity index (χ1n) is 13.3. The molecule has 11 heteroatoms. The fourth-order valence-corrected chi connectivity index (χ4v) is 6.79. The zero-order valence-corrected chi connectivity index (χ0v) is 22.4. The van der Waals surface area contributed by atoms with E-state index in [9.17, 15) is 19.5 Å². The van der Waals surface area contributed by atoms with Gasteiger partial charge in [0.25, 0.3) is 0 Å². The van der Waals surface area contributed by atoms with Crippen LogP contribution >= 0.6 is 0 Å². The van der Waals surface area contributed by atoms with E-state index in [1.165, 1.54) is 4.90 Å². The molecule has 3 aliphatic heterocycles. The van der Waals surface area contributed by atoms with Gasteiger partial charge < -0.3 is 24.4 Å². The molecule has 6 atom stereocenters. The maximum Gasteiger partial charge on any atom is 0.312 e. The summed E-state index contributed by atoms with van der Waals surface area (Å²) in [5, 5.41) is 18.3. The van der Waals surface area contributed by atoms with E-state index in [1.54, 1.807) is 21.7 Å². The number of aliphatic hydroxyl groups excluding tert-OH is 1. The third-order valence-electron chi connectivity index (χ3n) is 8.60. The molecule has 39 heavy (non-hydrogen) atoms. The number of carbonyl (C=O) groups excluding carboxylic acids is 3. The third-order valence-corrected chi connectivity index (χ3v) is 8.60. The predicted molar refractivity (Wildman–Crippen MR) is 141 cm³/mol. The van der Waals surface area contributed by atoms with E-state index >= 15 is 0 Å². The Hall–Kier alpha value is -3.57. The predicted octanol–water partition coefficient (Wildman–Crippen LogP) is 1.53. The Kier molecular flexibility index (Phi) is 7.06. The summed E-state index contributed by atoms with van der Waals surface area (Å²) in [5.41, 5.74) is -0.756. The highest BCUT2D eigenvalue weighted by Gasteiger charge is 2.80. The SMILES string of the molecule is C=CCCOC(=O)[C@H]1[C@H]2C(=O)N(CCO)C(C(=O)N(CC=C)Cn3nnc4ccccc43)C23CC(C)[C@]1(C)O3. The molecule has 1 aromatic heterocycles. The van der Waals surface area contributed by atoms with Crippen molar-refractivity contribution >= 4 is 28.8 Å². The molecule has 5 rings (SSSR count). The summed E-state index contributed by atoms with van der Waals surface area (Å²) >= 11 is 0. The molecule has 0 aliphatic carbocycles. The van der Waals surface area contributed by atoms with Gasteiger partial charge in [0.05, 0.1) is 30.2 Å². The van der Waals surface area contributed by atoms with Crippen molar-refractivity contribution in [2.75, 3.05) is 26.3 Å². The fraction of sp³-hybridized carbons (Fsp3) is 0.536. The Morgan fingerprint density at radius 1 is 1.31 bits per heavy atom. The average Bonchev–Trinajstić information content (AvgIpc) is 3.58. The monoisotopic (exact) mass is 537 g/mol. The summed E-state index contributed by atoms with van der Waals surface area (Å²) in [6.07, 6.45) is 4.17. The number of hydrogen-bond donors (Lipinski definition) is 1. The number of amides is 2. The molecule has 3 unspecified atom stereocenters. The van der Waals surface area contributed by atoms with Crippen LogP contribution < -0.4 is 0 Å². The van der Waals surface area contributed by atoms with Gasteiger partial charge in [-0.3, -0.25) is 14.4 Å². The third kappa shape index (κ3) is 4.06. The lowest BCUT2D eigenvalue weighted by Gasteiger charge is -2.37. The van der Waals surface area contributed by atoms with E-state index in [1.807, 2.05) is 38.1 Å². The lowest BCUT2D eigenvalue weighted by atomic mass is 9.62. The minimum Gasteiger partial charge on any atom is -0.465 e. The molecule has 0 radical (unpaired) electrons. The van der Waals surface area contributed by atoms with Crippen LogP contribution in [0, 0.1) is 17.8 Å². The number of carbonyl (C=O) groups is 3. The molecule has 1 spiro atoms. The van der Waals surface area contributed by atoms with Crippen molar-refractivity contribution in [2.45, 2.75) is 50.6 Å². The van der Waals surface area contributed by atoms with Gasteiger partial charge in [-0.05, 0) is 37.8 Å². The Morgan fingerprint density at radius 3 is 2.79 bits per heavy atom. The van der Waals surface area contributed by atoms with Crippen LogP contribution in [0.1, 0.15) is 26.7 Å². The number of esters is 1. The van der Waals surface area contributed by atoms with Crippen molar-refractivity contribution in [1.82, 2.24) is 24.8 Å². The first-order valence-corrected chi connectivity index (χ1v) is 13.3. The first kappa shape index (κ1) is 27.0. The molecule has 11 nitrogen and oxygen atoms in total. The van der Waals surface area contributed by atoms with Gasteiger partial charge in [-0.1, -0.05) is 36.4 Å². The van der Waals surface area contributed by atoms with Crippen molar-refractivity contribution in [1.29, 1.82) is 0 Å². The zero-order chi connectivity index (χ0) is 27.9. The molecule has 2 bridgehead atoms. The van der Waals surface area contributed by atoms with Gasteiger partial charge >= 0.3 is 5.97 Å². The molecule has 3 saturated heterocycles. The molecule has 0 saturated carbocycles. The van der Waals surface area contributed by atoms with Crippen LogP contribution in [-0.4, -0.2) is 91.2 Å².